The number of carboxylic acids is 1. The molecule has 0 aliphatic rings. The van der Waals surface area contributed by atoms with Crippen molar-refractivity contribution in [2.24, 2.45) is 0 Å². The van der Waals surface area contributed by atoms with Gasteiger partial charge in [-0.3, -0.25) is 9.59 Å². The van der Waals surface area contributed by atoms with Crippen LogP contribution in [-0.4, -0.2) is 41.8 Å². The van der Waals surface area contributed by atoms with Crippen LogP contribution in [0.4, 0.5) is 10.1 Å². The summed E-state index contributed by atoms with van der Waals surface area (Å²) in [4.78, 5) is 36.5. The molecule has 0 saturated carbocycles. The molecule has 1 unspecified atom stereocenters. The third-order valence-corrected chi connectivity index (χ3v) is 6.11. The van der Waals surface area contributed by atoms with E-state index < -0.39 is 18.4 Å². The predicted octanol–water partition coefficient (Wildman–Crippen LogP) is 3.83. The molecule has 9 heteroatoms. The largest absolute Gasteiger partial charge is 0.476 e. The first-order valence-electron chi connectivity index (χ1n) is 12.9. The van der Waals surface area contributed by atoms with Gasteiger partial charge in [-0.1, -0.05) is 66.7 Å². The number of ether oxygens (including phenoxy) is 1. The van der Waals surface area contributed by atoms with Gasteiger partial charge in [0.1, 0.15) is 11.8 Å². The molecule has 0 aliphatic heterocycles. The molecule has 0 saturated heterocycles. The number of nitrogen functional groups attached to an aromatic ring is 1. The highest BCUT2D eigenvalue weighted by molar-refractivity contribution is 5.88. The molecule has 0 spiro atoms. The van der Waals surface area contributed by atoms with Crippen LogP contribution in [0.2, 0.25) is 0 Å². The Bertz CT molecular complexity index is 1220. The van der Waals surface area contributed by atoms with Gasteiger partial charge >= 0.3 is 12.3 Å². The molecule has 5 N–H and O–H groups in total. The van der Waals surface area contributed by atoms with Crippen LogP contribution < -0.4 is 21.1 Å². The number of nitrogens with one attached hydrogen (secondary N) is 2. The van der Waals surface area contributed by atoms with E-state index in [0.29, 0.717) is 18.5 Å². The summed E-state index contributed by atoms with van der Waals surface area (Å²) >= 11 is 0. The Morgan fingerprint density at radius 3 is 2.13 bits per heavy atom. The average molecular weight is 536 g/mol. The fourth-order valence-electron chi connectivity index (χ4n) is 4.04. The lowest BCUT2D eigenvalue weighted by Gasteiger charge is -2.19. The first-order valence-corrected chi connectivity index (χ1v) is 12.9. The first kappa shape index (κ1) is 29.2. The molecule has 206 valence electrons. The van der Waals surface area contributed by atoms with Crippen LogP contribution in [0.1, 0.15) is 36.0 Å². The van der Waals surface area contributed by atoms with E-state index in [-0.39, 0.29) is 36.1 Å². The molecule has 2 amide bonds. The minimum atomic E-state index is -2.55. The first-order chi connectivity index (χ1) is 18.8. The average Bonchev–Trinajstić information content (AvgIpc) is 2.93. The van der Waals surface area contributed by atoms with E-state index in [0.717, 1.165) is 24.8 Å². The number of aliphatic carboxylic acids is 1. The molecule has 3 aromatic rings. The summed E-state index contributed by atoms with van der Waals surface area (Å²) in [5.74, 6) is -2.48. The van der Waals surface area contributed by atoms with Gasteiger partial charge in [-0.2, -0.15) is 4.39 Å². The topological polar surface area (TPSA) is 131 Å². The molecule has 0 radical (unpaired) electrons. The Kier molecular flexibility index (Phi) is 11.3. The van der Waals surface area contributed by atoms with Gasteiger partial charge in [0, 0.05) is 19.4 Å². The zero-order chi connectivity index (χ0) is 28.0. The van der Waals surface area contributed by atoms with E-state index in [1.54, 1.807) is 6.07 Å². The predicted molar refractivity (Wildman–Crippen MR) is 147 cm³/mol. The number of hydrogen-bond donors (Lipinski definition) is 4. The highest BCUT2D eigenvalue weighted by Crippen LogP contribution is 2.25. The SMILES string of the molecule is Nc1cc(C[C@H](NC(=O)CCc2ccccc2)C(=O)NCCCCc2ccccc2)ccc1OC(F)C(=O)O. The van der Waals surface area contributed by atoms with Crippen molar-refractivity contribution in [2.75, 3.05) is 12.3 Å². The molecule has 0 aromatic heterocycles. The fraction of sp³-hybridized carbons (Fsp3) is 0.300. The number of aryl methyl sites for hydroxylation is 2. The zero-order valence-electron chi connectivity index (χ0n) is 21.6. The van der Waals surface area contributed by atoms with Crippen molar-refractivity contribution in [1.29, 1.82) is 0 Å². The van der Waals surface area contributed by atoms with E-state index >= 15 is 0 Å². The highest BCUT2D eigenvalue weighted by Gasteiger charge is 2.23. The summed E-state index contributed by atoms with van der Waals surface area (Å²) in [5, 5.41) is 14.4. The monoisotopic (exact) mass is 535 g/mol. The van der Waals surface area contributed by atoms with Gasteiger partial charge in [-0.05, 0) is 54.5 Å². The third kappa shape index (κ3) is 10.1. The molecule has 0 aliphatic carbocycles. The Balaban J connectivity index is 1.60. The highest BCUT2D eigenvalue weighted by atomic mass is 19.1. The van der Waals surface area contributed by atoms with E-state index in [1.807, 2.05) is 48.5 Å². The number of rotatable bonds is 15. The third-order valence-electron chi connectivity index (χ3n) is 6.11. The molecule has 3 rings (SSSR count). The van der Waals surface area contributed by atoms with E-state index in [2.05, 4.69) is 22.8 Å². The van der Waals surface area contributed by atoms with Gasteiger partial charge in [0.25, 0.3) is 0 Å². The van der Waals surface area contributed by atoms with Crippen LogP contribution in [0.15, 0.2) is 78.9 Å². The summed E-state index contributed by atoms with van der Waals surface area (Å²) in [5.41, 5.74) is 8.79. The van der Waals surface area contributed by atoms with Crippen LogP contribution >= 0.6 is 0 Å². The molecule has 3 aromatic carbocycles. The number of halogens is 1. The summed E-state index contributed by atoms with van der Waals surface area (Å²) in [6.45, 7) is 0.462. The van der Waals surface area contributed by atoms with Crippen LogP contribution in [-0.2, 0) is 33.6 Å². The minimum absolute atomic E-state index is 0.0203. The number of nitrogens with two attached hydrogens (primary N) is 1. The smallest absolute Gasteiger partial charge is 0.378 e. The van der Waals surface area contributed by atoms with Gasteiger partial charge in [0.05, 0.1) is 5.69 Å². The molecule has 0 heterocycles. The maximum Gasteiger partial charge on any atom is 0.378 e. The summed E-state index contributed by atoms with van der Waals surface area (Å²) < 4.78 is 18.2. The molecular formula is C30H34FN3O5. The second-order valence-electron chi connectivity index (χ2n) is 9.19. The molecule has 0 fully saturated rings. The Morgan fingerprint density at radius 2 is 1.51 bits per heavy atom. The molecule has 0 bridgehead atoms. The van der Waals surface area contributed by atoms with E-state index in [9.17, 15) is 18.8 Å². The number of carbonyl (C=O) groups excluding carboxylic acids is 2. The van der Waals surface area contributed by atoms with Crippen LogP contribution in [0, 0.1) is 0 Å². The molecule has 2 atom stereocenters. The number of benzene rings is 3. The number of carbonyl (C=O) groups is 3. The molecular weight excluding hydrogens is 501 g/mol. The van der Waals surface area contributed by atoms with Crippen molar-refractivity contribution >= 4 is 23.5 Å². The van der Waals surface area contributed by atoms with Crippen molar-refractivity contribution in [3.63, 3.8) is 0 Å². The summed E-state index contributed by atoms with van der Waals surface area (Å²) in [7, 11) is 0. The lowest BCUT2D eigenvalue weighted by molar-refractivity contribution is -0.153. The number of unbranched alkanes of at least 4 members (excludes halogenated alkanes) is 1. The van der Waals surface area contributed by atoms with Crippen LogP contribution in [0.3, 0.4) is 0 Å². The Labute approximate surface area is 227 Å². The van der Waals surface area contributed by atoms with Crippen molar-refractivity contribution < 1.29 is 28.6 Å². The molecule has 8 nitrogen and oxygen atoms in total. The lowest BCUT2D eigenvalue weighted by atomic mass is 10.0. The fourth-order valence-corrected chi connectivity index (χ4v) is 4.04. The maximum atomic E-state index is 13.4. The second kappa shape index (κ2) is 15.1. The maximum absolute atomic E-state index is 13.4. The van der Waals surface area contributed by atoms with Crippen molar-refractivity contribution in [2.45, 2.75) is 50.9 Å². The lowest BCUT2D eigenvalue weighted by Crippen LogP contribution is -2.48. The number of hydrogen-bond acceptors (Lipinski definition) is 5. The zero-order valence-corrected chi connectivity index (χ0v) is 21.6. The number of carboxylic acid groups (broad SMARTS) is 1. The second-order valence-corrected chi connectivity index (χ2v) is 9.19. The van der Waals surface area contributed by atoms with Gasteiger partial charge in [-0.15, -0.1) is 0 Å². The van der Waals surface area contributed by atoms with Crippen molar-refractivity contribution in [3.05, 3.63) is 95.6 Å². The van der Waals surface area contributed by atoms with Crippen molar-refractivity contribution in [3.8, 4) is 5.75 Å². The normalized spacial score (nSPS) is 12.2. The van der Waals surface area contributed by atoms with Gasteiger partial charge in [-0.25, -0.2) is 4.79 Å². The molecule has 39 heavy (non-hydrogen) atoms. The van der Waals surface area contributed by atoms with Crippen LogP contribution in [0.5, 0.6) is 5.75 Å². The number of anilines is 1. The Hall–Kier alpha value is -4.40. The van der Waals surface area contributed by atoms with Gasteiger partial charge in [0.15, 0.2) is 0 Å². The minimum Gasteiger partial charge on any atom is -0.476 e. The van der Waals surface area contributed by atoms with E-state index in [4.69, 9.17) is 15.6 Å². The number of amides is 2. The van der Waals surface area contributed by atoms with Gasteiger partial charge in [0.2, 0.25) is 11.8 Å². The Morgan fingerprint density at radius 1 is 0.872 bits per heavy atom. The standard InChI is InChI=1S/C30H34FN3O5/c31-28(30(37)38)39-26-16-14-23(19-24(26)32)20-25(34-27(35)17-15-22-11-5-2-6-12-22)29(36)33-18-8-7-13-21-9-3-1-4-10-21/h1-6,9-12,14,16,19,25,28H,7-8,13,15,17-18,20,32H2,(H,33,36)(H,34,35)(H,37,38)/t25-,28?/m0/s1. The van der Waals surface area contributed by atoms with Gasteiger partial charge < -0.3 is 26.2 Å². The summed E-state index contributed by atoms with van der Waals surface area (Å²) in [6, 6.07) is 23.2. The quantitative estimate of drug-likeness (QED) is 0.173. The van der Waals surface area contributed by atoms with E-state index in [1.165, 1.54) is 17.7 Å². The number of alkyl halides is 1. The summed E-state index contributed by atoms with van der Waals surface area (Å²) in [6.07, 6.45) is 0.925. The van der Waals surface area contributed by atoms with Crippen molar-refractivity contribution in [1.82, 2.24) is 10.6 Å². The van der Waals surface area contributed by atoms with Crippen LogP contribution in [0.25, 0.3) is 0 Å².